The van der Waals surface area contributed by atoms with Crippen molar-refractivity contribution in [1.29, 1.82) is 5.26 Å². The number of benzene rings is 3. The number of hydrogen-bond acceptors (Lipinski definition) is 3. The number of imidazole rings is 1. The van der Waals surface area contributed by atoms with Crippen LogP contribution in [0.3, 0.4) is 0 Å². The average Bonchev–Trinajstić information content (AvgIpc) is 3.42. The number of nitriles is 1. The minimum atomic E-state index is 0.701. The summed E-state index contributed by atoms with van der Waals surface area (Å²) in [6.45, 7) is 7.83. The van der Waals surface area contributed by atoms with Gasteiger partial charge in [-0.15, -0.1) is 0 Å². The van der Waals surface area contributed by atoms with Crippen molar-refractivity contribution >= 4 is 10.8 Å². The maximum Gasteiger partial charge on any atom is 0.0998 e. The summed E-state index contributed by atoms with van der Waals surface area (Å²) in [6.07, 6.45) is 4.52. The van der Waals surface area contributed by atoms with Crippen LogP contribution in [0.15, 0.2) is 54.9 Å². The van der Waals surface area contributed by atoms with Gasteiger partial charge >= 0.3 is 0 Å². The molecule has 0 atom stereocenters. The van der Waals surface area contributed by atoms with Crippen LogP contribution in [0.2, 0.25) is 0 Å². The fourth-order valence-electron chi connectivity index (χ4n) is 5.25. The van der Waals surface area contributed by atoms with E-state index in [9.17, 15) is 5.26 Å². The highest BCUT2D eigenvalue weighted by atomic mass is 15.1. The summed E-state index contributed by atoms with van der Waals surface area (Å²) in [6, 6.07) is 19.1. The molecule has 0 N–H and O–H groups in total. The van der Waals surface area contributed by atoms with Gasteiger partial charge in [-0.1, -0.05) is 42.5 Å². The van der Waals surface area contributed by atoms with E-state index in [1.54, 1.807) is 0 Å². The molecule has 2 heterocycles. The van der Waals surface area contributed by atoms with E-state index in [4.69, 9.17) is 4.98 Å². The van der Waals surface area contributed by atoms with Crippen LogP contribution >= 0.6 is 0 Å². The lowest BCUT2D eigenvalue weighted by Gasteiger charge is -2.18. The number of hydrogen-bond donors (Lipinski definition) is 0. The van der Waals surface area contributed by atoms with E-state index in [1.165, 1.54) is 48.2 Å². The van der Waals surface area contributed by atoms with Crippen LogP contribution in [0.4, 0.5) is 0 Å². The van der Waals surface area contributed by atoms with Crippen LogP contribution in [-0.4, -0.2) is 27.5 Å². The van der Waals surface area contributed by atoms with Gasteiger partial charge in [0.1, 0.15) is 0 Å². The summed E-state index contributed by atoms with van der Waals surface area (Å²) in [4.78, 5) is 7.40. The molecule has 1 aliphatic heterocycles. The van der Waals surface area contributed by atoms with E-state index in [0.29, 0.717) is 5.56 Å². The van der Waals surface area contributed by atoms with Gasteiger partial charge in [0.2, 0.25) is 0 Å². The molecule has 4 aromatic rings. The first-order valence-corrected chi connectivity index (χ1v) is 11.3. The summed E-state index contributed by atoms with van der Waals surface area (Å²) in [5.74, 6) is 0. The Balaban J connectivity index is 1.65. The number of aromatic nitrogens is 2. The molecule has 3 aromatic carbocycles. The predicted molar refractivity (Wildman–Crippen MR) is 130 cm³/mol. The SMILES string of the molecule is Cc1cc(CN2CCCC2)cc(C)c1-c1ncn(C)c1-c1ccc(C#N)c2ccccc12. The second kappa shape index (κ2) is 8.26. The molecule has 1 aromatic heterocycles. The third-order valence-electron chi connectivity index (χ3n) is 6.67. The molecule has 1 saturated heterocycles. The van der Waals surface area contributed by atoms with E-state index in [0.717, 1.165) is 34.3 Å². The quantitative estimate of drug-likeness (QED) is 0.407. The minimum Gasteiger partial charge on any atom is -0.333 e. The van der Waals surface area contributed by atoms with E-state index >= 15 is 0 Å². The van der Waals surface area contributed by atoms with Crippen molar-refractivity contribution in [3.63, 3.8) is 0 Å². The van der Waals surface area contributed by atoms with Crippen molar-refractivity contribution < 1.29 is 0 Å². The average molecular weight is 421 g/mol. The maximum atomic E-state index is 9.57. The van der Waals surface area contributed by atoms with E-state index in [1.807, 2.05) is 37.6 Å². The highest BCUT2D eigenvalue weighted by Gasteiger charge is 2.20. The highest BCUT2D eigenvalue weighted by Crippen LogP contribution is 2.39. The van der Waals surface area contributed by atoms with Gasteiger partial charge in [-0.3, -0.25) is 4.90 Å². The van der Waals surface area contributed by atoms with Crippen LogP contribution in [-0.2, 0) is 13.6 Å². The molecule has 0 spiro atoms. The third-order valence-corrected chi connectivity index (χ3v) is 6.67. The lowest BCUT2D eigenvalue weighted by Crippen LogP contribution is -2.18. The van der Waals surface area contributed by atoms with Crippen molar-refractivity contribution in [3.8, 4) is 28.6 Å². The van der Waals surface area contributed by atoms with Crippen LogP contribution in [0.25, 0.3) is 33.3 Å². The molecule has 0 radical (unpaired) electrons. The summed E-state index contributed by atoms with van der Waals surface area (Å²) in [5, 5.41) is 11.6. The monoisotopic (exact) mass is 420 g/mol. The van der Waals surface area contributed by atoms with Gasteiger partial charge in [-0.05, 0) is 67.9 Å². The van der Waals surface area contributed by atoms with Gasteiger partial charge in [0.15, 0.2) is 0 Å². The molecule has 4 nitrogen and oxygen atoms in total. The van der Waals surface area contributed by atoms with Gasteiger partial charge in [0, 0.05) is 30.1 Å². The zero-order chi connectivity index (χ0) is 22.2. The molecule has 0 amide bonds. The second-order valence-corrected chi connectivity index (χ2v) is 8.96. The fraction of sp³-hybridized carbons (Fsp3) is 0.286. The third kappa shape index (κ3) is 3.49. The molecule has 0 aliphatic carbocycles. The Labute approximate surface area is 189 Å². The first-order chi connectivity index (χ1) is 15.6. The Bertz CT molecular complexity index is 1330. The molecule has 0 unspecified atom stereocenters. The Morgan fingerprint density at radius 3 is 2.34 bits per heavy atom. The summed E-state index contributed by atoms with van der Waals surface area (Å²) >= 11 is 0. The van der Waals surface area contributed by atoms with Crippen molar-refractivity contribution in [1.82, 2.24) is 14.5 Å². The largest absolute Gasteiger partial charge is 0.333 e. The topological polar surface area (TPSA) is 44.9 Å². The number of fused-ring (bicyclic) bond motifs is 1. The Morgan fingerprint density at radius 1 is 0.969 bits per heavy atom. The molecule has 0 bridgehead atoms. The zero-order valence-electron chi connectivity index (χ0n) is 19.0. The van der Waals surface area contributed by atoms with E-state index < -0.39 is 0 Å². The predicted octanol–water partition coefficient (Wildman–Crippen LogP) is 5.99. The lowest BCUT2D eigenvalue weighted by atomic mass is 9.92. The fourth-order valence-corrected chi connectivity index (χ4v) is 5.25. The highest BCUT2D eigenvalue weighted by molar-refractivity contribution is 6.01. The summed E-state index contributed by atoms with van der Waals surface area (Å²) < 4.78 is 2.10. The molecule has 1 fully saturated rings. The minimum absolute atomic E-state index is 0.701. The number of nitrogens with zero attached hydrogens (tertiary/aromatic N) is 4. The van der Waals surface area contributed by atoms with Gasteiger partial charge in [-0.25, -0.2) is 4.98 Å². The zero-order valence-corrected chi connectivity index (χ0v) is 19.0. The van der Waals surface area contributed by atoms with Gasteiger partial charge in [-0.2, -0.15) is 5.26 Å². The molecule has 4 heteroatoms. The number of aryl methyl sites for hydroxylation is 3. The van der Waals surface area contributed by atoms with Gasteiger partial charge in [0.25, 0.3) is 0 Å². The van der Waals surface area contributed by atoms with Gasteiger partial charge in [0.05, 0.1) is 29.3 Å². The smallest absolute Gasteiger partial charge is 0.0998 e. The Hall–Kier alpha value is -3.42. The second-order valence-electron chi connectivity index (χ2n) is 8.96. The van der Waals surface area contributed by atoms with E-state index in [-0.39, 0.29) is 0 Å². The molecule has 5 rings (SSSR count). The Morgan fingerprint density at radius 2 is 1.66 bits per heavy atom. The molecule has 0 saturated carbocycles. The van der Waals surface area contributed by atoms with Crippen molar-refractivity contribution in [2.24, 2.45) is 7.05 Å². The number of rotatable bonds is 4. The lowest BCUT2D eigenvalue weighted by molar-refractivity contribution is 0.331. The van der Waals surface area contributed by atoms with E-state index in [2.05, 4.69) is 53.6 Å². The standard InChI is InChI=1S/C28H28N4/c1-19-14-21(17-32-12-6-7-13-32)15-20(2)26(19)27-28(31(3)18-30-27)25-11-10-22(16-29)23-8-4-5-9-24(23)25/h4-5,8-11,14-15,18H,6-7,12-13,17H2,1-3H3. The molecular weight excluding hydrogens is 392 g/mol. The van der Waals surface area contributed by atoms with Crippen molar-refractivity contribution in [3.05, 3.63) is 77.1 Å². The summed E-state index contributed by atoms with van der Waals surface area (Å²) in [7, 11) is 2.05. The molecule has 32 heavy (non-hydrogen) atoms. The van der Waals surface area contributed by atoms with Gasteiger partial charge < -0.3 is 4.57 Å². The Kier molecular flexibility index (Phi) is 5.28. The van der Waals surface area contributed by atoms with Crippen molar-refractivity contribution in [2.45, 2.75) is 33.2 Å². The van der Waals surface area contributed by atoms with Crippen LogP contribution < -0.4 is 0 Å². The molecular formula is C28H28N4. The molecule has 160 valence electrons. The maximum absolute atomic E-state index is 9.57. The van der Waals surface area contributed by atoms with Crippen LogP contribution in [0.5, 0.6) is 0 Å². The number of likely N-dealkylation sites (tertiary alicyclic amines) is 1. The van der Waals surface area contributed by atoms with Crippen LogP contribution in [0.1, 0.15) is 35.1 Å². The first kappa shape index (κ1) is 20.5. The summed E-state index contributed by atoms with van der Waals surface area (Å²) in [5.41, 5.74) is 9.01. The normalized spacial score (nSPS) is 14.2. The molecule has 1 aliphatic rings. The van der Waals surface area contributed by atoms with Crippen LogP contribution in [0, 0.1) is 25.2 Å². The first-order valence-electron chi connectivity index (χ1n) is 11.3. The van der Waals surface area contributed by atoms with Crippen molar-refractivity contribution in [2.75, 3.05) is 13.1 Å².